The topological polar surface area (TPSA) is 143 Å². The number of cyclic esters (lactones) is 1. The smallest absolute Gasteiger partial charge is 0.416 e. The van der Waals surface area contributed by atoms with Crippen LogP contribution in [0.2, 0.25) is 0 Å². The van der Waals surface area contributed by atoms with Crippen molar-refractivity contribution in [3.05, 3.63) is 17.4 Å². The minimum Gasteiger partial charge on any atom is -0.441 e. The highest BCUT2D eigenvalue weighted by Gasteiger charge is 2.63. The third kappa shape index (κ3) is 2.92. The summed E-state index contributed by atoms with van der Waals surface area (Å²) in [6.45, 7) is 7.35. The quantitative estimate of drug-likeness (QED) is 0.557. The van der Waals surface area contributed by atoms with Crippen LogP contribution in [0.1, 0.15) is 33.3 Å². The Morgan fingerprint density at radius 3 is 2.47 bits per heavy atom. The van der Waals surface area contributed by atoms with Gasteiger partial charge < -0.3 is 18.9 Å². The number of hydrogen-bond acceptors (Lipinski definition) is 9. The number of rotatable bonds is 1. The molecule has 2 N–H and O–H groups in total. The van der Waals surface area contributed by atoms with Gasteiger partial charge in [-0.3, -0.25) is 25.1 Å². The second kappa shape index (κ2) is 7.15. The van der Waals surface area contributed by atoms with Crippen molar-refractivity contribution in [2.24, 2.45) is 5.41 Å². The molecule has 190 valence electrons. The Kier molecular flexibility index (Phi) is 4.51. The van der Waals surface area contributed by atoms with Crippen LogP contribution >= 0.6 is 0 Å². The predicted molar refractivity (Wildman–Crippen MR) is 121 cm³/mol. The lowest BCUT2D eigenvalue weighted by molar-refractivity contribution is -0.153. The zero-order valence-electron chi connectivity index (χ0n) is 20.0. The number of ether oxygens (including phenoxy) is 2. The van der Waals surface area contributed by atoms with Gasteiger partial charge in [-0.2, -0.15) is 0 Å². The van der Waals surface area contributed by atoms with Crippen molar-refractivity contribution in [3.63, 3.8) is 0 Å². The molecule has 13 heteroatoms. The molecule has 5 heterocycles. The van der Waals surface area contributed by atoms with Gasteiger partial charge in [0.2, 0.25) is 17.4 Å². The van der Waals surface area contributed by atoms with Crippen molar-refractivity contribution >= 4 is 46.4 Å². The summed E-state index contributed by atoms with van der Waals surface area (Å²) >= 11 is 0. The molecule has 1 aromatic carbocycles. The lowest BCUT2D eigenvalue weighted by Gasteiger charge is -2.55. The van der Waals surface area contributed by atoms with Crippen LogP contribution in [-0.4, -0.2) is 66.0 Å². The molecule has 1 spiro atoms. The number of aromatic nitrogens is 1. The number of amides is 5. The number of fused-ring (bicyclic) bond motifs is 5. The van der Waals surface area contributed by atoms with E-state index in [-0.39, 0.29) is 48.1 Å². The summed E-state index contributed by atoms with van der Waals surface area (Å²) in [6.07, 6.45) is -1.83. The molecule has 12 nitrogen and oxygen atoms in total. The van der Waals surface area contributed by atoms with Crippen LogP contribution in [0.25, 0.3) is 11.0 Å². The molecular weight excluding hydrogens is 477 g/mol. The van der Waals surface area contributed by atoms with Crippen molar-refractivity contribution in [2.75, 3.05) is 22.9 Å². The van der Waals surface area contributed by atoms with Crippen molar-refractivity contribution in [2.45, 2.75) is 58.0 Å². The molecule has 3 saturated heterocycles. The van der Waals surface area contributed by atoms with Gasteiger partial charge in [-0.25, -0.2) is 14.0 Å². The third-order valence-electron chi connectivity index (χ3n) is 7.32. The Morgan fingerprint density at radius 1 is 1.14 bits per heavy atom. The van der Waals surface area contributed by atoms with Crippen molar-refractivity contribution in [3.8, 4) is 0 Å². The molecule has 0 saturated carbocycles. The number of halogens is 1. The fourth-order valence-electron chi connectivity index (χ4n) is 6.06. The van der Waals surface area contributed by atoms with Crippen LogP contribution in [0.15, 0.2) is 10.6 Å². The lowest BCUT2D eigenvalue weighted by atomic mass is 9.66. The van der Waals surface area contributed by atoms with Gasteiger partial charge in [0.15, 0.2) is 17.1 Å². The summed E-state index contributed by atoms with van der Waals surface area (Å²) in [6, 6.07) is -0.223. The Bertz CT molecular complexity index is 1350. The Labute approximate surface area is 204 Å². The highest BCUT2D eigenvalue weighted by atomic mass is 19.1. The summed E-state index contributed by atoms with van der Waals surface area (Å²) in [5.74, 6) is -2.20. The number of nitrogens with one attached hydrogen (secondary N) is 2. The molecule has 36 heavy (non-hydrogen) atoms. The van der Waals surface area contributed by atoms with E-state index in [9.17, 15) is 19.2 Å². The predicted octanol–water partition coefficient (Wildman–Crippen LogP) is 1.59. The van der Waals surface area contributed by atoms with Crippen LogP contribution in [0, 0.1) is 11.2 Å². The standard InChI is InChI=1S/C23H24FN5O7/c1-9-7-28-14-11(6-23(16(28)10(2)34-9)18(30)25-20(32)26-19(23)31)5-12-15(13(14)24)36-27-17(12)29-8-22(3,4)35-21(29)33/h5,9-10,16H,6-8H2,1-4H3,(H2,25,26,30,31,32)/t9-,10+,16-/m1/s1. The molecule has 5 amide bonds. The molecule has 4 aliphatic rings. The van der Waals surface area contributed by atoms with Gasteiger partial charge in [0.1, 0.15) is 5.60 Å². The zero-order valence-corrected chi connectivity index (χ0v) is 20.0. The molecule has 0 radical (unpaired) electrons. The number of barbiturate groups is 1. The van der Waals surface area contributed by atoms with Crippen LogP contribution in [-0.2, 0) is 25.5 Å². The molecule has 4 aliphatic heterocycles. The van der Waals surface area contributed by atoms with Gasteiger partial charge in [0, 0.05) is 13.0 Å². The number of benzene rings is 1. The Morgan fingerprint density at radius 2 is 1.83 bits per heavy atom. The molecule has 2 aromatic rings. The fraction of sp³-hybridized carbons (Fsp3) is 0.522. The molecular formula is C23H24FN5O7. The van der Waals surface area contributed by atoms with Crippen molar-refractivity contribution < 1.29 is 37.6 Å². The van der Waals surface area contributed by atoms with Crippen molar-refractivity contribution in [1.82, 2.24) is 15.8 Å². The average molecular weight is 501 g/mol. The molecule has 1 aromatic heterocycles. The molecule has 0 bridgehead atoms. The van der Waals surface area contributed by atoms with Gasteiger partial charge in [-0.05, 0) is 39.3 Å². The SMILES string of the molecule is C[C@@H]1CN2c3c(cc4c(N5CC(C)(C)OC5=O)noc4c3F)CC3(C(=O)NC(=O)NC3=O)[C@H]2[C@H](C)O1. The number of urea groups is 1. The van der Waals surface area contributed by atoms with Gasteiger partial charge in [-0.1, -0.05) is 5.16 Å². The molecule has 3 fully saturated rings. The van der Waals surface area contributed by atoms with E-state index in [4.69, 9.17) is 14.0 Å². The largest absolute Gasteiger partial charge is 0.441 e. The van der Waals surface area contributed by atoms with Crippen LogP contribution in [0.3, 0.4) is 0 Å². The number of carbonyl (C=O) groups excluding carboxylic acids is 4. The van der Waals surface area contributed by atoms with Crippen LogP contribution in [0.4, 0.5) is 25.5 Å². The van der Waals surface area contributed by atoms with E-state index < -0.39 is 52.9 Å². The maximum absolute atomic E-state index is 16.1. The molecule has 3 atom stereocenters. The summed E-state index contributed by atoms with van der Waals surface area (Å²) in [5, 5.41) is 8.57. The zero-order chi connectivity index (χ0) is 25.7. The van der Waals surface area contributed by atoms with Crippen LogP contribution < -0.4 is 20.4 Å². The number of hydrogen-bond donors (Lipinski definition) is 2. The minimum absolute atomic E-state index is 0.0786. The van der Waals surface area contributed by atoms with Crippen LogP contribution in [0.5, 0.6) is 0 Å². The van der Waals surface area contributed by atoms with E-state index >= 15 is 4.39 Å². The Balaban J connectivity index is 1.56. The first kappa shape index (κ1) is 22.7. The van der Waals surface area contributed by atoms with Gasteiger partial charge in [0.25, 0.3) is 0 Å². The monoisotopic (exact) mass is 501 g/mol. The lowest BCUT2D eigenvalue weighted by Crippen LogP contribution is -2.75. The van der Waals surface area contributed by atoms with E-state index in [2.05, 4.69) is 15.8 Å². The highest BCUT2D eigenvalue weighted by Crippen LogP contribution is 2.50. The highest BCUT2D eigenvalue weighted by molar-refractivity contribution is 6.20. The summed E-state index contributed by atoms with van der Waals surface area (Å²) in [4.78, 5) is 53.9. The first-order valence-electron chi connectivity index (χ1n) is 11.6. The van der Waals surface area contributed by atoms with Gasteiger partial charge >= 0.3 is 12.1 Å². The third-order valence-corrected chi connectivity index (χ3v) is 7.32. The normalized spacial score (nSPS) is 28.6. The second-order valence-electron chi connectivity index (χ2n) is 10.4. The van der Waals surface area contributed by atoms with E-state index in [1.165, 1.54) is 4.90 Å². The number of anilines is 2. The summed E-state index contributed by atoms with van der Waals surface area (Å²) < 4.78 is 32.8. The fourth-order valence-corrected chi connectivity index (χ4v) is 6.06. The average Bonchev–Trinajstić information content (AvgIpc) is 3.30. The van der Waals surface area contributed by atoms with Gasteiger partial charge in [0.05, 0.1) is 35.9 Å². The first-order chi connectivity index (χ1) is 16.9. The number of nitrogens with zero attached hydrogens (tertiary/aromatic N) is 3. The van der Waals surface area contributed by atoms with Crippen molar-refractivity contribution in [1.29, 1.82) is 0 Å². The van der Waals surface area contributed by atoms with E-state index in [0.29, 0.717) is 5.56 Å². The molecule has 0 aliphatic carbocycles. The maximum atomic E-state index is 16.1. The minimum atomic E-state index is -1.76. The molecule has 0 unspecified atom stereocenters. The number of morpholine rings is 1. The van der Waals surface area contributed by atoms with E-state index in [0.717, 1.165) is 0 Å². The summed E-state index contributed by atoms with van der Waals surface area (Å²) in [5.41, 5.74) is -2.18. The maximum Gasteiger partial charge on any atom is 0.416 e. The summed E-state index contributed by atoms with van der Waals surface area (Å²) in [7, 11) is 0. The number of carbonyl (C=O) groups is 4. The van der Waals surface area contributed by atoms with E-state index in [1.54, 1.807) is 31.7 Å². The first-order valence-corrected chi connectivity index (χ1v) is 11.6. The Hall–Kier alpha value is -3.74. The molecule has 6 rings (SSSR count). The van der Waals surface area contributed by atoms with Gasteiger partial charge in [-0.15, -0.1) is 0 Å². The van der Waals surface area contributed by atoms with E-state index in [1.807, 2.05) is 6.92 Å². The second-order valence-corrected chi connectivity index (χ2v) is 10.4. The number of imide groups is 2.